The molecule has 1 amide bonds. The summed E-state index contributed by atoms with van der Waals surface area (Å²) in [6.07, 6.45) is 6.28. The van der Waals surface area contributed by atoms with Crippen LogP contribution in [0.2, 0.25) is 0 Å². The number of benzene rings is 2. The van der Waals surface area contributed by atoms with Crippen LogP contribution in [-0.4, -0.2) is 76.9 Å². The van der Waals surface area contributed by atoms with Gasteiger partial charge in [-0.05, 0) is 54.6 Å². The molecule has 7 heteroatoms. The van der Waals surface area contributed by atoms with E-state index in [9.17, 15) is 4.79 Å². The fraction of sp³-hybridized carbons (Fsp3) is 0.433. The minimum atomic E-state index is 0.136. The van der Waals surface area contributed by atoms with E-state index in [4.69, 9.17) is 18.9 Å². The molecule has 0 radical (unpaired) electrons. The van der Waals surface area contributed by atoms with Crippen LogP contribution in [0.3, 0.4) is 0 Å². The molecular weight excluding hydrogens is 468 g/mol. The molecule has 2 aromatic rings. The lowest BCUT2D eigenvalue weighted by Crippen LogP contribution is -2.38. The Balaban J connectivity index is 1.40. The molecule has 1 fully saturated rings. The number of nitrogens with zero attached hydrogens (tertiary/aromatic N) is 2. The molecule has 198 valence electrons. The average molecular weight is 507 g/mol. The zero-order valence-electron chi connectivity index (χ0n) is 22.4. The quantitative estimate of drug-likeness (QED) is 0.509. The van der Waals surface area contributed by atoms with Crippen LogP contribution in [0.1, 0.15) is 23.1 Å². The van der Waals surface area contributed by atoms with Gasteiger partial charge in [-0.2, -0.15) is 0 Å². The summed E-state index contributed by atoms with van der Waals surface area (Å²) in [7, 11) is 6.60. The highest BCUT2D eigenvalue weighted by atomic mass is 16.5. The zero-order chi connectivity index (χ0) is 26.2. The molecule has 1 unspecified atom stereocenters. The molecular formula is C30H38N2O5. The predicted molar refractivity (Wildman–Crippen MR) is 145 cm³/mol. The molecule has 0 aromatic heterocycles. The van der Waals surface area contributed by atoms with Gasteiger partial charge in [0.05, 0.1) is 34.9 Å². The summed E-state index contributed by atoms with van der Waals surface area (Å²) in [4.78, 5) is 17.9. The van der Waals surface area contributed by atoms with Gasteiger partial charge < -0.3 is 28.7 Å². The van der Waals surface area contributed by atoms with E-state index in [1.54, 1.807) is 28.4 Å². The van der Waals surface area contributed by atoms with Gasteiger partial charge in [0.25, 0.3) is 0 Å². The van der Waals surface area contributed by atoms with Crippen molar-refractivity contribution < 1.29 is 23.7 Å². The Morgan fingerprint density at radius 1 is 0.946 bits per heavy atom. The van der Waals surface area contributed by atoms with Gasteiger partial charge in [-0.25, -0.2) is 0 Å². The Morgan fingerprint density at radius 2 is 1.76 bits per heavy atom. The molecule has 0 N–H and O–H groups in total. The van der Waals surface area contributed by atoms with E-state index >= 15 is 0 Å². The van der Waals surface area contributed by atoms with Gasteiger partial charge in [-0.15, -0.1) is 0 Å². The summed E-state index contributed by atoms with van der Waals surface area (Å²) in [6.45, 7) is 4.32. The number of hydrogen-bond donors (Lipinski definition) is 0. The highest BCUT2D eigenvalue weighted by molar-refractivity contribution is 5.81. The number of hydrogen-bond acceptors (Lipinski definition) is 6. The van der Waals surface area contributed by atoms with Gasteiger partial charge in [-0.3, -0.25) is 4.79 Å². The molecule has 2 aliphatic heterocycles. The monoisotopic (exact) mass is 506 g/mol. The Labute approximate surface area is 220 Å². The number of carbonyl (C=O) groups is 1. The van der Waals surface area contributed by atoms with Crippen LogP contribution >= 0.6 is 0 Å². The first-order valence-corrected chi connectivity index (χ1v) is 12.8. The molecule has 0 bridgehead atoms. The number of methoxy groups -OCH3 is 4. The van der Waals surface area contributed by atoms with Crippen molar-refractivity contribution in [3.63, 3.8) is 0 Å². The number of fused-ring (bicyclic) bond motifs is 1. The summed E-state index contributed by atoms with van der Waals surface area (Å²) in [5.74, 6) is 3.41. The topological polar surface area (TPSA) is 60.5 Å². The number of allylic oxidation sites excluding steroid dienone is 1. The number of ether oxygens (including phenoxy) is 4. The van der Waals surface area contributed by atoms with E-state index in [0.717, 1.165) is 61.6 Å². The van der Waals surface area contributed by atoms with Gasteiger partial charge in [0, 0.05) is 31.7 Å². The summed E-state index contributed by atoms with van der Waals surface area (Å²) in [6, 6.07) is 14.0. The van der Waals surface area contributed by atoms with Gasteiger partial charge in [-0.1, -0.05) is 36.4 Å². The van der Waals surface area contributed by atoms with Crippen molar-refractivity contribution in [1.29, 1.82) is 0 Å². The number of amides is 1. The van der Waals surface area contributed by atoms with E-state index in [0.29, 0.717) is 30.4 Å². The molecule has 0 saturated carbocycles. The fourth-order valence-electron chi connectivity index (χ4n) is 5.22. The predicted octanol–water partition coefficient (Wildman–Crippen LogP) is 4.17. The van der Waals surface area contributed by atoms with Crippen LogP contribution in [0.4, 0.5) is 0 Å². The molecule has 0 spiro atoms. The number of rotatable bonds is 9. The smallest absolute Gasteiger partial charge is 0.227 e. The second-order valence-corrected chi connectivity index (χ2v) is 9.53. The molecule has 2 aliphatic rings. The second-order valence-electron chi connectivity index (χ2n) is 9.53. The van der Waals surface area contributed by atoms with Crippen LogP contribution in [0.15, 0.2) is 60.4 Å². The lowest BCUT2D eigenvalue weighted by Gasteiger charge is -2.26. The first-order chi connectivity index (χ1) is 18.1. The maximum Gasteiger partial charge on any atom is 0.227 e. The third-order valence-corrected chi connectivity index (χ3v) is 7.21. The maximum atomic E-state index is 13.4. The highest BCUT2D eigenvalue weighted by Crippen LogP contribution is 2.29. The van der Waals surface area contributed by atoms with Gasteiger partial charge in [0.15, 0.2) is 23.0 Å². The molecule has 0 aliphatic carbocycles. The second kappa shape index (κ2) is 12.7. The summed E-state index contributed by atoms with van der Waals surface area (Å²) < 4.78 is 22.1. The molecule has 1 saturated heterocycles. The average Bonchev–Trinajstić information content (AvgIpc) is 3.38. The maximum absolute atomic E-state index is 13.4. The van der Waals surface area contributed by atoms with Crippen molar-refractivity contribution in [2.45, 2.75) is 19.3 Å². The Bertz CT molecular complexity index is 1140. The Kier molecular flexibility index (Phi) is 9.12. The van der Waals surface area contributed by atoms with Gasteiger partial charge in [0.2, 0.25) is 5.91 Å². The van der Waals surface area contributed by atoms with Gasteiger partial charge in [0.1, 0.15) is 0 Å². The third-order valence-electron chi connectivity index (χ3n) is 7.21. The summed E-state index contributed by atoms with van der Waals surface area (Å²) in [5, 5.41) is 0. The molecule has 37 heavy (non-hydrogen) atoms. The Morgan fingerprint density at radius 3 is 2.51 bits per heavy atom. The van der Waals surface area contributed by atoms with Crippen LogP contribution in [0.5, 0.6) is 11.5 Å². The van der Waals surface area contributed by atoms with Crippen LogP contribution in [0, 0.1) is 5.92 Å². The largest absolute Gasteiger partial charge is 0.493 e. The fourth-order valence-corrected chi connectivity index (χ4v) is 5.22. The standard InChI is InChI=1S/C30H38N2O5/c1-34-26-12-11-22(18-28(26)36-3)13-16-31-17-14-23(20-31)21-32-15-7-10-27(35-2)30(37-4)25-9-6-5-8-24(25)19-29(32)33/h5-12,18,23H,13-17,19-21H2,1-4H3. The molecule has 4 rings (SSSR count). The van der Waals surface area contributed by atoms with Crippen molar-refractivity contribution >= 4 is 11.7 Å². The van der Waals surface area contributed by atoms with E-state index in [2.05, 4.69) is 17.0 Å². The third kappa shape index (κ3) is 6.46. The molecule has 7 nitrogen and oxygen atoms in total. The molecule has 1 atom stereocenters. The van der Waals surface area contributed by atoms with Crippen molar-refractivity contribution in [1.82, 2.24) is 9.80 Å². The lowest BCUT2D eigenvalue weighted by molar-refractivity contribution is -0.130. The first-order valence-electron chi connectivity index (χ1n) is 12.8. The van der Waals surface area contributed by atoms with Crippen LogP contribution in [0.25, 0.3) is 5.76 Å². The molecule has 2 heterocycles. The number of carbonyl (C=O) groups excluding carboxylic acids is 1. The first kappa shape index (κ1) is 26.6. The minimum absolute atomic E-state index is 0.136. The van der Waals surface area contributed by atoms with Crippen molar-refractivity contribution in [2.75, 3.05) is 61.2 Å². The van der Waals surface area contributed by atoms with Crippen LogP contribution in [-0.2, 0) is 27.1 Å². The van der Waals surface area contributed by atoms with Crippen molar-refractivity contribution in [3.8, 4) is 11.5 Å². The molecule has 2 aromatic carbocycles. The summed E-state index contributed by atoms with van der Waals surface area (Å²) in [5.41, 5.74) is 3.07. The van der Waals surface area contributed by atoms with Crippen molar-refractivity contribution in [3.05, 3.63) is 77.1 Å². The normalized spacial score (nSPS) is 18.5. The van der Waals surface area contributed by atoms with E-state index in [-0.39, 0.29) is 5.91 Å². The van der Waals surface area contributed by atoms with Crippen LogP contribution < -0.4 is 9.47 Å². The van der Waals surface area contributed by atoms with E-state index in [1.165, 1.54) is 5.56 Å². The van der Waals surface area contributed by atoms with Gasteiger partial charge >= 0.3 is 0 Å². The summed E-state index contributed by atoms with van der Waals surface area (Å²) >= 11 is 0. The SMILES string of the molecule is COC1=C(OC)c2ccccc2CC(=O)N(CC2CCN(CCc3ccc(OC)c(OC)c3)C2)CC=C1. The lowest BCUT2D eigenvalue weighted by atomic mass is 10.00. The number of likely N-dealkylation sites (tertiary alicyclic amines) is 1. The zero-order valence-corrected chi connectivity index (χ0v) is 22.4. The Hall–Kier alpha value is -3.45. The van der Waals surface area contributed by atoms with E-state index < -0.39 is 0 Å². The van der Waals surface area contributed by atoms with Crippen molar-refractivity contribution in [2.24, 2.45) is 5.92 Å². The minimum Gasteiger partial charge on any atom is -0.493 e. The highest BCUT2D eigenvalue weighted by Gasteiger charge is 2.27. The van der Waals surface area contributed by atoms with E-state index in [1.807, 2.05) is 47.4 Å².